The lowest BCUT2D eigenvalue weighted by molar-refractivity contribution is -0.116. The molecule has 1 heterocycles. The zero-order chi connectivity index (χ0) is 26.6. The van der Waals surface area contributed by atoms with Crippen molar-refractivity contribution in [3.8, 4) is 11.1 Å². The van der Waals surface area contributed by atoms with Gasteiger partial charge in [-0.05, 0) is 77.1 Å². The topological polar surface area (TPSA) is 109 Å². The van der Waals surface area contributed by atoms with Crippen LogP contribution < -0.4 is 21.7 Å². The molecule has 4 aromatic rings. The Morgan fingerprint density at radius 3 is 2.16 bits per heavy atom. The first-order chi connectivity index (χ1) is 18.4. The summed E-state index contributed by atoms with van der Waals surface area (Å²) < 4.78 is 0. The summed E-state index contributed by atoms with van der Waals surface area (Å²) in [4.78, 5) is 29.6. The van der Waals surface area contributed by atoms with Gasteiger partial charge in [0.2, 0.25) is 5.91 Å². The van der Waals surface area contributed by atoms with Crippen molar-refractivity contribution in [2.45, 2.75) is 13.8 Å². The van der Waals surface area contributed by atoms with Gasteiger partial charge in [0, 0.05) is 25.4 Å². The third-order valence-electron chi connectivity index (χ3n) is 6.62. The van der Waals surface area contributed by atoms with Crippen molar-refractivity contribution in [2.24, 2.45) is 0 Å². The van der Waals surface area contributed by atoms with Gasteiger partial charge >= 0.3 is 0 Å². The molecule has 38 heavy (non-hydrogen) atoms. The molecule has 1 aliphatic carbocycles. The molecule has 190 valence electrons. The largest absolute Gasteiger partial charge is 0.397 e. The van der Waals surface area contributed by atoms with Crippen LogP contribution in [0, 0.1) is 13.8 Å². The van der Waals surface area contributed by atoms with Crippen molar-refractivity contribution in [3.05, 3.63) is 113 Å². The normalized spacial score (nSPS) is 11.4. The van der Waals surface area contributed by atoms with Crippen LogP contribution in [0.15, 0.2) is 85.1 Å². The summed E-state index contributed by atoms with van der Waals surface area (Å²) in [7, 11) is 0. The SMILES string of the molecule is Cc1cccc2c1-c1c(C)cccc1C2=CC(=O)NCCNc1ccc(C(=O)Nc2ccccc2N)cn1. The Kier molecular flexibility index (Phi) is 6.91. The minimum atomic E-state index is -0.289. The molecule has 0 unspecified atom stereocenters. The summed E-state index contributed by atoms with van der Waals surface area (Å²) in [6, 6.07) is 22.9. The Hall–Kier alpha value is -4.91. The van der Waals surface area contributed by atoms with Crippen molar-refractivity contribution in [1.82, 2.24) is 10.3 Å². The van der Waals surface area contributed by atoms with Crippen LogP contribution in [0.3, 0.4) is 0 Å². The Morgan fingerprint density at radius 2 is 1.53 bits per heavy atom. The second kappa shape index (κ2) is 10.6. The highest BCUT2D eigenvalue weighted by molar-refractivity contribution is 6.09. The van der Waals surface area contributed by atoms with Gasteiger partial charge in [-0.15, -0.1) is 0 Å². The molecule has 0 aliphatic heterocycles. The van der Waals surface area contributed by atoms with E-state index in [2.05, 4.69) is 59.0 Å². The highest BCUT2D eigenvalue weighted by Crippen LogP contribution is 2.47. The molecule has 0 saturated heterocycles. The van der Waals surface area contributed by atoms with E-state index in [0.717, 1.165) is 16.7 Å². The highest BCUT2D eigenvalue weighted by atomic mass is 16.2. The number of anilines is 3. The summed E-state index contributed by atoms with van der Waals surface area (Å²) in [5, 5.41) is 8.90. The smallest absolute Gasteiger partial charge is 0.257 e. The van der Waals surface area contributed by atoms with Crippen LogP contribution in [0.4, 0.5) is 17.2 Å². The first-order valence-electron chi connectivity index (χ1n) is 12.5. The lowest BCUT2D eigenvalue weighted by Crippen LogP contribution is -2.27. The van der Waals surface area contributed by atoms with Crippen LogP contribution in [0.2, 0.25) is 0 Å². The Morgan fingerprint density at radius 1 is 0.842 bits per heavy atom. The van der Waals surface area contributed by atoms with E-state index in [-0.39, 0.29) is 11.8 Å². The molecule has 0 atom stereocenters. The van der Waals surface area contributed by atoms with Crippen molar-refractivity contribution >= 4 is 34.6 Å². The lowest BCUT2D eigenvalue weighted by atomic mass is 9.97. The summed E-state index contributed by atoms with van der Waals surface area (Å²) in [6.45, 7) is 5.12. The van der Waals surface area contributed by atoms with Crippen molar-refractivity contribution in [2.75, 3.05) is 29.5 Å². The molecule has 1 aromatic heterocycles. The van der Waals surface area contributed by atoms with Gasteiger partial charge in [-0.25, -0.2) is 4.98 Å². The number of aryl methyl sites for hydroxylation is 2. The van der Waals surface area contributed by atoms with Gasteiger partial charge in [0.15, 0.2) is 0 Å². The minimum Gasteiger partial charge on any atom is -0.397 e. The number of nitrogens with two attached hydrogens (primary N) is 1. The maximum absolute atomic E-state index is 12.8. The van der Waals surface area contributed by atoms with E-state index in [1.807, 2.05) is 12.1 Å². The van der Waals surface area contributed by atoms with Gasteiger partial charge in [0.25, 0.3) is 5.91 Å². The van der Waals surface area contributed by atoms with E-state index in [4.69, 9.17) is 5.73 Å². The maximum Gasteiger partial charge on any atom is 0.257 e. The summed E-state index contributed by atoms with van der Waals surface area (Å²) in [5.41, 5.74) is 15.3. The van der Waals surface area contributed by atoms with Crippen LogP contribution in [0.1, 0.15) is 32.6 Å². The molecular weight excluding hydrogens is 474 g/mol. The highest BCUT2D eigenvalue weighted by Gasteiger charge is 2.26. The number of nitrogen functional groups attached to an aromatic ring is 1. The molecule has 3 aromatic carbocycles. The Labute approximate surface area is 221 Å². The number of benzene rings is 3. The fourth-order valence-corrected chi connectivity index (χ4v) is 4.75. The predicted molar refractivity (Wildman–Crippen MR) is 153 cm³/mol. The summed E-state index contributed by atoms with van der Waals surface area (Å²) >= 11 is 0. The third-order valence-corrected chi connectivity index (χ3v) is 6.62. The monoisotopic (exact) mass is 503 g/mol. The van der Waals surface area contributed by atoms with Gasteiger partial charge in [0.1, 0.15) is 5.82 Å². The van der Waals surface area contributed by atoms with Gasteiger partial charge in [-0.1, -0.05) is 48.5 Å². The molecule has 5 N–H and O–H groups in total. The lowest BCUT2D eigenvalue weighted by Gasteiger charge is -2.09. The number of hydrogen-bond acceptors (Lipinski definition) is 5. The number of nitrogens with zero attached hydrogens (tertiary/aromatic N) is 1. The number of aromatic nitrogens is 1. The molecule has 5 rings (SSSR count). The van der Waals surface area contributed by atoms with Crippen LogP contribution in [-0.4, -0.2) is 29.9 Å². The van der Waals surface area contributed by atoms with E-state index >= 15 is 0 Å². The average molecular weight is 504 g/mol. The molecule has 7 heteroatoms. The average Bonchev–Trinajstić information content (AvgIpc) is 3.24. The van der Waals surface area contributed by atoms with E-state index in [1.54, 1.807) is 42.5 Å². The fraction of sp³-hybridized carbons (Fsp3) is 0.129. The summed E-state index contributed by atoms with van der Waals surface area (Å²) in [6.07, 6.45) is 3.19. The quantitative estimate of drug-likeness (QED) is 0.139. The fourth-order valence-electron chi connectivity index (χ4n) is 4.75. The van der Waals surface area contributed by atoms with Crippen LogP contribution in [0.5, 0.6) is 0 Å². The maximum atomic E-state index is 12.8. The standard InChI is InChI=1S/C31H29N5O2/c1-19-7-5-9-22-24(23-10-6-8-20(2)30(23)29(19)22)17-28(37)34-16-15-33-27-14-13-21(18-35-27)31(38)36-26-12-4-3-11-25(26)32/h3-14,17-18H,15-16,32H2,1-2H3,(H,33,35)(H,34,37)(H,36,38). The van der Waals surface area contributed by atoms with Gasteiger partial charge in [0.05, 0.1) is 16.9 Å². The Bertz CT molecular complexity index is 1500. The van der Waals surface area contributed by atoms with E-state index < -0.39 is 0 Å². The zero-order valence-electron chi connectivity index (χ0n) is 21.3. The Balaban J connectivity index is 1.17. The molecule has 0 spiro atoms. The second-order valence-corrected chi connectivity index (χ2v) is 9.24. The molecular formula is C31H29N5O2. The van der Waals surface area contributed by atoms with Gasteiger partial charge < -0.3 is 21.7 Å². The first kappa shape index (κ1) is 24.8. The number of rotatable bonds is 7. The van der Waals surface area contributed by atoms with E-state index in [9.17, 15) is 9.59 Å². The van der Waals surface area contributed by atoms with Crippen molar-refractivity contribution in [3.63, 3.8) is 0 Å². The summed E-state index contributed by atoms with van der Waals surface area (Å²) in [5.74, 6) is 0.171. The van der Waals surface area contributed by atoms with Crippen LogP contribution in [-0.2, 0) is 4.79 Å². The number of fused-ring (bicyclic) bond motifs is 3. The number of carbonyl (C=O) groups is 2. The second-order valence-electron chi connectivity index (χ2n) is 9.24. The van der Waals surface area contributed by atoms with Crippen LogP contribution in [0.25, 0.3) is 16.7 Å². The molecule has 0 radical (unpaired) electrons. The molecule has 2 amide bonds. The molecule has 7 nitrogen and oxygen atoms in total. The minimum absolute atomic E-state index is 0.149. The van der Waals surface area contributed by atoms with Crippen LogP contribution >= 0.6 is 0 Å². The van der Waals surface area contributed by atoms with Crippen molar-refractivity contribution < 1.29 is 9.59 Å². The number of para-hydroxylation sites is 2. The number of nitrogens with one attached hydrogen (secondary N) is 3. The number of pyridine rings is 1. The van der Waals surface area contributed by atoms with E-state index in [0.29, 0.717) is 35.8 Å². The van der Waals surface area contributed by atoms with Crippen molar-refractivity contribution in [1.29, 1.82) is 0 Å². The molecule has 0 saturated carbocycles. The molecule has 0 bridgehead atoms. The first-order valence-corrected chi connectivity index (χ1v) is 12.5. The van der Waals surface area contributed by atoms with Gasteiger partial charge in [-0.3, -0.25) is 9.59 Å². The number of carbonyl (C=O) groups excluding carboxylic acids is 2. The third kappa shape index (κ3) is 4.99. The number of amides is 2. The molecule has 0 fully saturated rings. The zero-order valence-corrected chi connectivity index (χ0v) is 21.3. The molecule has 1 aliphatic rings. The predicted octanol–water partition coefficient (Wildman–Crippen LogP) is 5.17. The van der Waals surface area contributed by atoms with E-state index in [1.165, 1.54) is 28.5 Å². The van der Waals surface area contributed by atoms with Gasteiger partial charge in [-0.2, -0.15) is 0 Å². The number of hydrogen-bond donors (Lipinski definition) is 4.